The van der Waals surface area contributed by atoms with Crippen molar-refractivity contribution in [3.05, 3.63) is 65.7 Å². The SMILES string of the molecule is Nc1ccccc1CCC(=O)NCCOCc1ccccc1. The number of anilines is 1. The number of carbonyl (C=O) groups is 1. The summed E-state index contributed by atoms with van der Waals surface area (Å²) in [6.45, 7) is 1.60. The van der Waals surface area contributed by atoms with Gasteiger partial charge in [0, 0.05) is 18.7 Å². The Bertz CT molecular complexity index is 585. The minimum atomic E-state index is 0.0200. The molecule has 3 N–H and O–H groups in total. The smallest absolute Gasteiger partial charge is 0.220 e. The van der Waals surface area contributed by atoms with Crippen LogP contribution in [0.15, 0.2) is 54.6 Å². The molecule has 116 valence electrons. The third-order valence-electron chi connectivity index (χ3n) is 3.36. The van der Waals surface area contributed by atoms with E-state index < -0.39 is 0 Å². The maximum Gasteiger partial charge on any atom is 0.220 e. The lowest BCUT2D eigenvalue weighted by Crippen LogP contribution is -2.27. The van der Waals surface area contributed by atoms with Crippen LogP contribution in [0.3, 0.4) is 0 Å². The van der Waals surface area contributed by atoms with E-state index in [2.05, 4.69) is 5.32 Å². The normalized spacial score (nSPS) is 10.4. The molecule has 2 rings (SSSR count). The van der Waals surface area contributed by atoms with Crippen molar-refractivity contribution >= 4 is 11.6 Å². The summed E-state index contributed by atoms with van der Waals surface area (Å²) >= 11 is 0. The lowest BCUT2D eigenvalue weighted by atomic mass is 10.1. The van der Waals surface area contributed by atoms with E-state index in [4.69, 9.17) is 10.5 Å². The molecule has 0 aliphatic carbocycles. The first kappa shape index (κ1) is 16.0. The van der Waals surface area contributed by atoms with Crippen LogP contribution in [-0.2, 0) is 22.6 Å². The van der Waals surface area contributed by atoms with Gasteiger partial charge in [-0.15, -0.1) is 0 Å². The van der Waals surface area contributed by atoms with Crippen molar-refractivity contribution in [3.63, 3.8) is 0 Å². The number of benzene rings is 2. The number of ether oxygens (including phenoxy) is 1. The fourth-order valence-electron chi connectivity index (χ4n) is 2.13. The Labute approximate surface area is 131 Å². The summed E-state index contributed by atoms with van der Waals surface area (Å²) < 4.78 is 5.52. The number of amides is 1. The second kappa shape index (κ2) is 8.85. The highest BCUT2D eigenvalue weighted by Gasteiger charge is 2.03. The van der Waals surface area contributed by atoms with Gasteiger partial charge in [-0.05, 0) is 23.6 Å². The second-order valence-corrected chi connectivity index (χ2v) is 5.09. The summed E-state index contributed by atoms with van der Waals surface area (Å²) in [5.74, 6) is 0.0200. The van der Waals surface area contributed by atoms with E-state index in [-0.39, 0.29) is 5.91 Å². The summed E-state index contributed by atoms with van der Waals surface area (Å²) in [4.78, 5) is 11.8. The minimum Gasteiger partial charge on any atom is -0.399 e. The van der Waals surface area contributed by atoms with Crippen molar-refractivity contribution in [2.45, 2.75) is 19.4 Å². The third-order valence-corrected chi connectivity index (χ3v) is 3.36. The van der Waals surface area contributed by atoms with Crippen LogP contribution < -0.4 is 11.1 Å². The van der Waals surface area contributed by atoms with E-state index in [1.54, 1.807) is 0 Å². The predicted molar refractivity (Wildman–Crippen MR) is 88.3 cm³/mol. The van der Waals surface area contributed by atoms with E-state index in [0.717, 1.165) is 16.8 Å². The van der Waals surface area contributed by atoms with E-state index in [0.29, 0.717) is 32.6 Å². The van der Waals surface area contributed by atoms with Crippen LogP contribution in [-0.4, -0.2) is 19.1 Å². The van der Waals surface area contributed by atoms with Crippen molar-refractivity contribution in [1.29, 1.82) is 0 Å². The molecule has 0 atom stereocenters. The molecular formula is C18H22N2O2. The van der Waals surface area contributed by atoms with Crippen molar-refractivity contribution < 1.29 is 9.53 Å². The van der Waals surface area contributed by atoms with Crippen LogP contribution in [0.2, 0.25) is 0 Å². The highest BCUT2D eigenvalue weighted by atomic mass is 16.5. The molecule has 2 aromatic carbocycles. The van der Waals surface area contributed by atoms with Crippen molar-refractivity contribution in [2.24, 2.45) is 0 Å². The number of aryl methyl sites for hydroxylation is 1. The molecule has 0 spiro atoms. The average molecular weight is 298 g/mol. The zero-order valence-electron chi connectivity index (χ0n) is 12.6. The molecule has 2 aromatic rings. The van der Waals surface area contributed by atoms with Gasteiger partial charge in [-0.2, -0.15) is 0 Å². The molecule has 0 heterocycles. The van der Waals surface area contributed by atoms with Gasteiger partial charge in [-0.25, -0.2) is 0 Å². The van der Waals surface area contributed by atoms with Crippen LogP contribution in [0.25, 0.3) is 0 Å². The molecule has 0 aliphatic rings. The number of nitrogens with one attached hydrogen (secondary N) is 1. The largest absolute Gasteiger partial charge is 0.399 e. The van der Waals surface area contributed by atoms with E-state index >= 15 is 0 Å². The standard InChI is InChI=1S/C18H22N2O2/c19-17-9-5-4-8-16(17)10-11-18(21)20-12-13-22-14-15-6-2-1-3-7-15/h1-9H,10-14,19H2,(H,20,21). The zero-order valence-corrected chi connectivity index (χ0v) is 12.6. The first-order valence-electron chi connectivity index (χ1n) is 7.47. The van der Waals surface area contributed by atoms with Gasteiger partial charge in [0.2, 0.25) is 5.91 Å². The van der Waals surface area contributed by atoms with Crippen LogP contribution in [0, 0.1) is 0 Å². The van der Waals surface area contributed by atoms with Crippen LogP contribution >= 0.6 is 0 Å². The van der Waals surface area contributed by atoms with Gasteiger partial charge in [-0.3, -0.25) is 4.79 Å². The van der Waals surface area contributed by atoms with Crippen molar-refractivity contribution in [2.75, 3.05) is 18.9 Å². The lowest BCUT2D eigenvalue weighted by molar-refractivity contribution is -0.121. The fraction of sp³-hybridized carbons (Fsp3) is 0.278. The van der Waals surface area contributed by atoms with E-state index in [9.17, 15) is 4.79 Å². The molecule has 22 heavy (non-hydrogen) atoms. The predicted octanol–water partition coefficient (Wildman–Crippen LogP) is 2.53. The van der Waals surface area contributed by atoms with Crippen LogP contribution in [0.5, 0.6) is 0 Å². The molecule has 0 saturated carbocycles. The molecule has 4 nitrogen and oxygen atoms in total. The molecule has 1 amide bonds. The first-order valence-corrected chi connectivity index (χ1v) is 7.47. The summed E-state index contributed by atoms with van der Waals surface area (Å²) in [7, 11) is 0. The maximum absolute atomic E-state index is 11.8. The van der Waals surface area contributed by atoms with E-state index in [1.807, 2.05) is 54.6 Å². The van der Waals surface area contributed by atoms with Gasteiger partial charge in [0.15, 0.2) is 0 Å². The second-order valence-electron chi connectivity index (χ2n) is 5.09. The highest BCUT2D eigenvalue weighted by molar-refractivity contribution is 5.76. The number of hydrogen-bond donors (Lipinski definition) is 2. The topological polar surface area (TPSA) is 64.4 Å². The zero-order chi connectivity index (χ0) is 15.6. The molecule has 0 radical (unpaired) electrons. The van der Waals surface area contributed by atoms with Crippen LogP contribution in [0.1, 0.15) is 17.5 Å². The Kier molecular flexibility index (Phi) is 6.45. The van der Waals surface area contributed by atoms with Gasteiger partial charge < -0.3 is 15.8 Å². The Morgan fingerprint density at radius 2 is 1.77 bits per heavy atom. The Morgan fingerprint density at radius 3 is 2.55 bits per heavy atom. The quantitative estimate of drug-likeness (QED) is 0.581. The molecule has 0 saturated heterocycles. The number of nitrogens with two attached hydrogens (primary N) is 1. The minimum absolute atomic E-state index is 0.0200. The van der Waals surface area contributed by atoms with E-state index in [1.165, 1.54) is 0 Å². The fourth-order valence-corrected chi connectivity index (χ4v) is 2.13. The van der Waals surface area contributed by atoms with Gasteiger partial charge >= 0.3 is 0 Å². The van der Waals surface area contributed by atoms with Gasteiger partial charge in [0.1, 0.15) is 0 Å². The van der Waals surface area contributed by atoms with Gasteiger partial charge in [0.05, 0.1) is 13.2 Å². The number of nitrogen functional groups attached to an aromatic ring is 1. The Hall–Kier alpha value is -2.33. The van der Waals surface area contributed by atoms with Gasteiger partial charge in [-0.1, -0.05) is 48.5 Å². The molecule has 0 aromatic heterocycles. The number of carbonyl (C=O) groups excluding carboxylic acids is 1. The Balaban J connectivity index is 1.57. The molecule has 4 heteroatoms. The Morgan fingerprint density at radius 1 is 1.05 bits per heavy atom. The average Bonchev–Trinajstić information content (AvgIpc) is 2.55. The summed E-state index contributed by atoms with van der Waals surface area (Å²) in [6.07, 6.45) is 1.09. The molecular weight excluding hydrogens is 276 g/mol. The number of hydrogen-bond acceptors (Lipinski definition) is 3. The first-order chi connectivity index (χ1) is 10.8. The summed E-state index contributed by atoms with van der Waals surface area (Å²) in [5, 5.41) is 2.85. The molecule has 0 fully saturated rings. The summed E-state index contributed by atoms with van der Waals surface area (Å²) in [5.41, 5.74) is 8.73. The lowest BCUT2D eigenvalue weighted by Gasteiger charge is -2.08. The van der Waals surface area contributed by atoms with Gasteiger partial charge in [0.25, 0.3) is 0 Å². The molecule has 0 unspecified atom stereocenters. The summed E-state index contributed by atoms with van der Waals surface area (Å²) in [6, 6.07) is 17.6. The maximum atomic E-state index is 11.8. The monoisotopic (exact) mass is 298 g/mol. The third kappa shape index (κ3) is 5.58. The highest BCUT2D eigenvalue weighted by Crippen LogP contribution is 2.12. The van der Waals surface area contributed by atoms with Crippen molar-refractivity contribution in [1.82, 2.24) is 5.32 Å². The number of para-hydroxylation sites is 1. The van der Waals surface area contributed by atoms with Crippen molar-refractivity contribution in [3.8, 4) is 0 Å². The molecule has 0 aliphatic heterocycles. The molecule has 0 bridgehead atoms. The number of rotatable bonds is 8. The van der Waals surface area contributed by atoms with Crippen LogP contribution in [0.4, 0.5) is 5.69 Å².